The van der Waals surface area contributed by atoms with E-state index in [1.54, 1.807) is 0 Å². The van der Waals surface area contributed by atoms with Gasteiger partial charge in [-0.05, 0) is 13.3 Å². The normalized spacial score (nSPS) is 15.1. The number of hydrogen-bond donors (Lipinski definition) is 9. The van der Waals surface area contributed by atoms with Crippen LogP contribution in [0.2, 0.25) is 0 Å². The van der Waals surface area contributed by atoms with Gasteiger partial charge in [0.15, 0.2) is 0 Å². The van der Waals surface area contributed by atoms with Crippen LogP contribution in [-0.4, -0.2) is 96.3 Å². The molecule has 0 aliphatic carbocycles. The molecule has 0 aromatic carbocycles. The number of rotatable bonds is 15. The fourth-order valence-corrected chi connectivity index (χ4v) is 2.77. The first-order valence-electron chi connectivity index (χ1n) is 10.3. The van der Waals surface area contributed by atoms with E-state index in [-0.39, 0.29) is 6.42 Å². The summed E-state index contributed by atoms with van der Waals surface area (Å²) in [6.45, 7) is 1.20. The highest BCUT2D eigenvalue weighted by atomic mass is 16.4. The maximum absolute atomic E-state index is 12.7. The number of nitrogens with one attached hydrogen (secondary N) is 4. The summed E-state index contributed by atoms with van der Waals surface area (Å²) in [5.41, 5.74) is 5.85. The number of aliphatic carboxylic acids is 3. The number of carboxylic acids is 3. The number of aromatic amines is 1. The van der Waals surface area contributed by atoms with E-state index in [9.17, 15) is 39.0 Å². The molecule has 0 aliphatic heterocycles. The van der Waals surface area contributed by atoms with E-state index < -0.39 is 85.2 Å². The number of carboxylic acid groups (broad SMARTS) is 3. The Morgan fingerprint density at radius 1 is 0.943 bits per heavy atom. The monoisotopic (exact) mass is 500 g/mol. The quantitative estimate of drug-likeness (QED) is 0.114. The predicted molar refractivity (Wildman–Crippen MR) is 114 cm³/mol. The topological polar surface area (TPSA) is 274 Å². The van der Waals surface area contributed by atoms with Crippen molar-refractivity contribution in [2.45, 2.75) is 62.9 Å². The van der Waals surface area contributed by atoms with Gasteiger partial charge in [0, 0.05) is 24.7 Å². The summed E-state index contributed by atoms with van der Waals surface area (Å²) in [6.07, 6.45) is -0.871. The summed E-state index contributed by atoms with van der Waals surface area (Å²) in [7, 11) is 0. The Bertz CT molecular complexity index is 919. The molecule has 1 rings (SSSR count). The van der Waals surface area contributed by atoms with Gasteiger partial charge in [0.05, 0.1) is 18.9 Å². The van der Waals surface area contributed by atoms with E-state index in [0.29, 0.717) is 5.69 Å². The highest BCUT2D eigenvalue weighted by Gasteiger charge is 2.32. The van der Waals surface area contributed by atoms with E-state index in [0.717, 1.165) is 0 Å². The first-order chi connectivity index (χ1) is 16.3. The van der Waals surface area contributed by atoms with E-state index >= 15 is 0 Å². The SMILES string of the molecule is CC(O)C(N)C(=O)NC(CC(=O)O)C(=O)NC(CCC(=O)O)C(=O)NC(Cc1cnc[nH]1)C(=O)O. The van der Waals surface area contributed by atoms with Crippen molar-refractivity contribution in [3.63, 3.8) is 0 Å². The lowest BCUT2D eigenvalue weighted by Gasteiger charge is -2.24. The Kier molecular flexibility index (Phi) is 11.3. The number of imidazole rings is 1. The summed E-state index contributed by atoms with van der Waals surface area (Å²) >= 11 is 0. The summed E-state index contributed by atoms with van der Waals surface area (Å²) < 4.78 is 0. The lowest BCUT2D eigenvalue weighted by atomic mass is 10.1. The molecule has 1 heterocycles. The Labute approximate surface area is 198 Å². The molecule has 3 amide bonds. The Morgan fingerprint density at radius 3 is 2.00 bits per heavy atom. The lowest BCUT2D eigenvalue weighted by Crippen LogP contribution is -2.58. The number of hydrogen-bond acceptors (Lipinski definition) is 9. The van der Waals surface area contributed by atoms with Crippen LogP contribution >= 0.6 is 0 Å². The van der Waals surface area contributed by atoms with Crippen molar-refractivity contribution in [2.75, 3.05) is 0 Å². The number of nitrogens with two attached hydrogens (primary N) is 1. The predicted octanol–water partition coefficient (Wildman–Crippen LogP) is -3.46. The molecule has 1 aromatic rings. The van der Waals surface area contributed by atoms with Crippen LogP contribution in [0.25, 0.3) is 0 Å². The molecule has 194 valence electrons. The van der Waals surface area contributed by atoms with E-state index in [1.165, 1.54) is 19.4 Å². The largest absolute Gasteiger partial charge is 0.481 e. The van der Waals surface area contributed by atoms with E-state index in [1.807, 2.05) is 0 Å². The molecule has 0 saturated heterocycles. The van der Waals surface area contributed by atoms with Crippen LogP contribution in [0.1, 0.15) is 31.9 Å². The van der Waals surface area contributed by atoms with Crippen LogP contribution in [0.3, 0.4) is 0 Å². The van der Waals surface area contributed by atoms with Gasteiger partial charge in [-0.1, -0.05) is 0 Å². The van der Waals surface area contributed by atoms with Crippen LogP contribution in [0.15, 0.2) is 12.5 Å². The third-order valence-corrected chi connectivity index (χ3v) is 4.71. The van der Waals surface area contributed by atoms with Gasteiger partial charge in [0.1, 0.15) is 24.2 Å². The molecule has 5 atom stereocenters. The molecule has 0 saturated carbocycles. The second-order valence-corrected chi connectivity index (χ2v) is 7.60. The van der Waals surface area contributed by atoms with Gasteiger partial charge < -0.3 is 47.1 Å². The standard InChI is InChI=1S/C19H28N6O10/c1-8(26)15(20)18(33)24-11(5-14(29)30)17(32)23-10(2-3-13(27)28)16(31)25-12(19(34)35)4-9-6-21-7-22-9/h6-8,10-12,15,26H,2-5,20H2,1H3,(H,21,22)(H,23,32)(H,24,33)(H,25,31)(H,27,28)(H,29,30)(H,34,35). The van der Waals surface area contributed by atoms with E-state index in [2.05, 4.69) is 25.9 Å². The Morgan fingerprint density at radius 2 is 1.51 bits per heavy atom. The van der Waals surface area contributed by atoms with Crippen molar-refractivity contribution in [1.29, 1.82) is 0 Å². The summed E-state index contributed by atoms with van der Waals surface area (Å²) in [6, 6.07) is -6.26. The molecule has 0 spiro atoms. The van der Waals surface area contributed by atoms with Gasteiger partial charge in [0.25, 0.3) is 0 Å². The van der Waals surface area contributed by atoms with E-state index in [4.69, 9.17) is 15.9 Å². The minimum atomic E-state index is -1.73. The second kappa shape index (κ2) is 13.6. The molecule has 0 fully saturated rings. The highest BCUT2D eigenvalue weighted by Crippen LogP contribution is 2.05. The number of amides is 3. The first kappa shape index (κ1) is 29.0. The smallest absolute Gasteiger partial charge is 0.326 e. The van der Waals surface area contributed by atoms with Crippen LogP contribution in [0.4, 0.5) is 0 Å². The average Bonchev–Trinajstić information content (AvgIpc) is 3.27. The van der Waals surface area contributed by atoms with Crippen molar-refractivity contribution < 1.29 is 49.2 Å². The number of carbonyl (C=O) groups is 6. The maximum atomic E-state index is 12.7. The number of H-pyrrole nitrogens is 1. The number of carbonyl (C=O) groups excluding carboxylic acids is 3. The van der Waals surface area contributed by atoms with Crippen molar-refractivity contribution in [3.8, 4) is 0 Å². The van der Waals surface area contributed by atoms with Crippen LogP contribution in [0, 0.1) is 0 Å². The molecule has 5 unspecified atom stereocenters. The van der Waals surface area contributed by atoms with Gasteiger partial charge in [-0.25, -0.2) is 9.78 Å². The zero-order chi connectivity index (χ0) is 26.7. The zero-order valence-corrected chi connectivity index (χ0v) is 18.6. The van der Waals surface area contributed by atoms with Crippen molar-refractivity contribution in [3.05, 3.63) is 18.2 Å². The van der Waals surface area contributed by atoms with Crippen LogP contribution < -0.4 is 21.7 Å². The van der Waals surface area contributed by atoms with Gasteiger partial charge in [0.2, 0.25) is 17.7 Å². The van der Waals surface area contributed by atoms with Gasteiger partial charge in [-0.15, -0.1) is 0 Å². The highest BCUT2D eigenvalue weighted by molar-refractivity contribution is 5.95. The van der Waals surface area contributed by atoms with Gasteiger partial charge in [-0.3, -0.25) is 24.0 Å². The van der Waals surface area contributed by atoms with Gasteiger partial charge >= 0.3 is 17.9 Å². The Hall–Kier alpha value is -4.05. The van der Waals surface area contributed by atoms with Crippen LogP contribution in [-0.2, 0) is 35.2 Å². The number of aromatic nitrogens is 2. The zero-order valence-electron chi connectivity index (χ0n) is 18.6. The fraction of sp³-hybridized carbons (Fsp3) is 0.526. The lowest BCUT2D eigenvalue weighted by molar-refractivity contribution is -0.143. The molecule has 1 aromatic heterocycles. The molecule has 0 aliphatic rings. The third kappa shape index (κ3) is 10.2. The van der Waals surface area contributed by atoms with Crippen molar-refractivity contribution in [1.82, 2.24) is 25.9 Å². The molecule has 16 nitrogen and oxygen atoms in total. The van der Waals surface area contributed by atoms with Crippen LogP contribution in [0.5, 0.6) is 0 Å². The molecular weight excluding hydrogens is 472 g/mol. The summed E-state index contributed by atoms with van der Waals surface area (Å²) in [5.74, 6) is -7.48. The second-order valence-electron chi connectivity index (χ2n) is 7.60. The molecular formula is C19H28N6O10. The maximum Gasteiger partial charge on any atom is 0.326 e. The van der Waals surface area contributed by atoms with Crippen molar-refractivity contribution >= 4 is 35.6 Å². The molecule has 16 heteroatoms. The average molecular weight is 500 g/mol. The van der Waals surface area contributed by atoms with Crippen molar-refractivity contribution in [2.24, 2.45) is 5.73 Å². The number of aliphatic hydroxyl groups is 1. The third-order valence-electron chi connectivity index (χ3n) is 4.71. The first-order valence-corrected chi connectivity index (χ1v) is 10.3. The molecule has 10 N–H and O–H groups in total. The Balaban J connectivity index is 3.03. The van der Waals surface area contributed by atoms with Gasteiger partial charge in [-0.2, -0.15) is 0 Å². The summed E-state index contributed by atoms with van der Waals surface area (Å²) in [4.78, 5) is 77.6. The number of nitrogens with zero attached hydrogens (tertiary/aromatic N) is 1. The minimum Gasteiger partial charge on any atom is -0.481 e. The molecule has 35 heavy (non-hydrogen) atoms. The summed E-state index contributed by atoms with van der Waals surface area (Å²) in [5, 5.41) is 43.3. The minimum absolute atomic E-state index is 0.199. The number of aliphatic hydroxyl groups excluding tert-OH is 1. The molecule has 0 bridgehead atoms. The fourth-order valence-electron chi connectivity index (χ4n) is 2.77. The molecule has 0 radical (unpaired) electrons.